The van der Waals surface area contributed by atoms with Gasteiger partial charge in [-0.05, 0) is 69.1 Å². The van der Waals surface area contributed by atoms with Gasteiger partial charge in [0.2, 0.25) is 0 Å². The summed E-state index contributed by atoms with van der Waals surface area (Å²) in [6, 6.07) is 12.5. The number of benzene rings is 2. The molecule has 0 fully saturated rings. The number of fused-ring (bicyclic) bond motifs is 1. The van der Waals surface area contributed by atoms with Crippen molar-refractivity contribution in [2.24, 2.45) is 4.99 Å². The second kappa shape index (κ2) is 11.4. The lowest BCUT2D eigenvalue weighted by atomic mass is 10.1. The Hall–Kier alpha value is -3.27. The van der Waals surface area contributed by atoms with Crippen LogP contribution in [-0.4, -0.2) is 39.7 Å². The van der Waals surface area contributed by atoms with E-state index >= 15 is 0 Å². The van der Waals surface area contributed by atoms with E-state index in [0.717, 1.165) is 46.7 Å². The summed E-state index contributed by atoms with van der Waals surface area (Å²) < 4.78 is 11.5. The van der Waals surface area contributed by atoms with Crippen LogP contribution >= 0.6 is 22.9 Å². The number of hydrogen-bond acceptors (Lipinski definition) is 9. The maximum Gasteiger partial charge on any atom is 0.289 e. The van der Waals surface area contributed by atoms with Crippen molar-refractivity contribution in [2.45, 2.75) is 45.4 Å². The van der Waals surface area contributed by atoms with Gasteiger partial charge in [-0.3, -0.25) is 0 Å². The largest absolute Gasteiger partial charge is 0.485 e. The van der Waals surface area contributed by atoms with Gasteiger partial charge in [0.15, 0.2) is 0 Å². The molecule has 10 heteroatoms. The van der Waals surface area contributed by atoms with E-state index in [1.54, 1.807) is 23.9 Å². The van der Waals surface area contributed by atoms with Gasteiger partial charge in [0.05, 0.1) is 21.8 Å². The van der Waals surface area contributed by atoms with Crippen LogP contribution in [-0.2, 0) is 24.3 Å². The Labute approximate surface area is 225 Å². The third-order valence-electron chi connectivity index (χ3n) is 5.88. The maximum atomic E-state index is 6.43. The molecule has 0 atom stereocenters. The number of aryl methyl sites for hydroxylation is 1. The molecule has 2 aromatic heterocycles. The summed E-state index contributed by atoms with van der Waals surface area (Å²) in [6.07, 6.45) is 5.26. The van der Waals surface area contributed by atoms with E-state index in [2.05, 4.69) is 36.6 Å². The molecule has 37 heavy (non-hydrogen) atoms. The Kier molecular flexibility index (Phi) is 7.83. The standard InChI is InChI=1S/C27H29ClN6O2S/c1-27(2)16-36-26(34-27)33-19-6-7-22-20(13-19)23(32-17-31-22)14-29-9-3-4-18-5-8-24(21(28)12-18)35-15-25-30-10-11-37-25/h5-8,10-13,17,29H,3-4,9,14-16H2,1-2H3,(H,33,34). The first-order valence-corrected chi connectivity index (χ1v) is 13.4. The molecular weight excluding hydrogens is 508 g/mol. The zero-order chi connectivity index (χ0) is 25.7. The average molecular weight is 537 g/mol. The first-order chi connectivity index (χ1) is 17.9. The van der Waals surface area contributed by atoms with E-state index in [9.17, 15) is 0 Å². The van der Waals surface area contributed by atoms with Crippen LogP contribution in [0.1, 0.15) is 36.5 Å². The van der Waals surface area contributed by atoms with E-state index in [4.69, 9.17) is 21.1 Å². The lowest BCUT2D eigenvalue weighted by Crippen LogP contribution is -2.17. The minimum Gasteiger partial charge on any atom is -0.485 e. The number of aromatic nitrogens is 3. The monoisotopic (exact) mass is 536 g/mol. The number of nitrogens with one attached hydrogen (secondary N) is 2. The fraction of sp³-hybridized carbons (Fsp3) is 0.333. The highest BCUT2D eigenvalue weighted by molar-refractivity contribution is 7.09. The fourth-order valence-electron chi connectivity index (χ4n) is 4.01. The topological polar surface area (TPSA) is 93.5 Å². The van der Waals surface area contributed by atoms with Crippen LogP contribution in [0.2, 0.25) is 5.02 Å². The molecule has 0 radical (unpaired) electrons. The summed E-state index contributed by atoms with van der Waals surface area (Å²) in [6.45, 7) is 6.59. The number of hydrogen-bond donors (Lipinski definition) is 2. The van der Waals surface area contributed by atoms with Gasteiger partial charge < -0.3 is 20.1 Å². The SMILES string of the molecule is CC1(C)COC(Nc2ccc3ncnc(CNCCCc4ccc(OCc5nccs5)c(Cl)c4)c3c2)=N1. The van der Waals surface area contributed by atoms with Gasteiger partial charge in [0.25, 0.3) is 6.02 Å². The van der Waals surface area contributed by atoms with Gasteiger partial charge in [0.1, 0.15) is 30.3 Å². The average Bonchev–Trinajstić information content (AvgIpc) is 3.52. The molecule has 0 saturated carbocycles. The molecule has 3 heterocycles. The van der Waals surface area contributed by atoms with Crippen molar-refractivity contribution in [3.05, 3.63) is 75.6 Å². The zero-order valence-corrected chi connectivity index (χ0v) is 22.4. The van der Waals surface area contributed by atoms with Gasteiger partial charge in [-0.1, -0.05) is 17.7 Å². The van der Waals surface area contributed by atoms with E-state index < -0.39 is 0 Å². The highest BCUT2D eigenvalue weighted by atomic mass is 35.5. The summed E-state index contributed by atoms with van der Waals surface area (Å²) in [5, 5.41) is 11.2. The molecule has 1 aliphatic heterocycles. The van der Waals surface area contributed by atoms with Crippen molar-refractivity contribution in [3.63, 3.8) is 0 Å². The van der Waals surface area contributed by atoms with Crippen LogP contribution < -0.4 is 15.4 Å². The predicted molar refractivity (Wildman–Crippen MR) is 149 cm³/mol. The first-order valence-electron chi connectivity index (χ1n) is 12.2. The first kappa shape index (κ1) is 25.4. The molecule has 0 bridgehead atoms. The lowest BCUT2D eigenvalue weighted by molar-refractivity contribution is 0.278. The van der Waals surface area contributed by atoms with E-state index in [-0.39, 0.29) is 5.54 Å². The Bertz CT molecular complexity index is 1390. The Morgan fingerprint density at radius 2 is 2.05 bits per heavy atom. The van der Waals surface area contributed by atoms with Gasteiger partial charge in [-0.15, -0.1) is 11.3 Å². The summed E-state index contributed by atoms with van der Waals surface area (Å²) >= 11 is 8.00. The number of ether oxygens (including phenoxy) is 2. The van der Waals surface area contributed by atoms with Crippen LogP contribution in [0.15, 0.2) is 59.3 Å². The van der Waals surface area contributed by atoms with Gasteiger partial charge in [0, 0.05) is 29.2 Å². The molecule has 4 aromatic rings. The number of rotatable bonds is 10. The predicted octanol–water partition coefficient (Wildman–Crippen LogP) is 5.62. The summed E-state index contributed by atoms with van der Waals surface area (Å²) in [4.78, 5) is 17.7. The number of halogens is 1. The molecule has 0 aliphatic carbocycles. The molecule has 0 spiro atoms. The van der Waals surface area contributed by atoms with E-state index in [0.29, 0.717) is 36.6 Å². The quantitative estimate of drug-likeness (QED) is 0.254. The van der Waals surface area contributed by atoms with E-state index in [1.807, 2.05) is 49.6 Å². The van der Waals surface area contributed by atoms with Crippen LogP contribution in [0.5, 0.6) is 5.75 Å². The zero-order valence-electron chi connectivity index (χ0n) is 20.8. The maximum absolute atomic E-state index is 6.43. The summed E-state index contributed by atoms with van der Waals surface area (Å²) in [5.74, 6) is 0.679. The number of amidine groups is 1. The van der Waals surface area contributed by atoms with Crippen molar-refractivity contribution in [1.29, 1.82) is 0 Å². The van der Waals surface area contributed by atoms with E-state index in [1.165, 1.54) is 5.56 Å². The molecule has 0 amide bonds. The number of nitrogens with zero attached hydrogens (tertiary/aromatic N) is 4. The normalized spacial score (nSPS) is 14.4. The van der Waals surface area contributed by atoms with Gasteiger partial charge >= 0.3 is 0 Å². The fourth-order valence-corrected chi connectivity index (χ4v) is 4.79. The minimum atomic E-state index is -0.208. The van der Waals surface area contributed by atoms with Crippen molar-refractivity contribution >= 4 is 45.5 Å². The van der Waals surface area contributed by atoms with Crippen LogP contribution in [0.3, 0.4) is 0 Å². The molecule has 192 valence electrons. The third kappa shape index (κ3) is 6.74. The minimum absolute atomic E-state index is 0.208. The van der Waals surface area contributed by atoms with Crippen LogP contribution in [0, 0.1) is 0 Å². The molecular formula is C27H29ClN6O2S. The lowest BCUT2D eigenvalue weighted by Gasteiger charge is -2.10. The van der Waals surface area contributed by atoms with Crippen molar-refractivity contribution in [3.8, 4) is 5.75 Å². The van der Waals surface area contributed by atoms with Crippen LogP contribution in [0.4, 0.5) is 5.69 Å². The van der Waals surface area contributed by atoms with Crippen molar-refractivity contribution in [1.82, 2.24) is 20.3 Å². The molecule has 1 aliphatic rings. The second-order valence-corrected chi connectivity index (χ2v) is 10.8. The summed E-state index contributed by atoms with van der Waals surface area (Å²) in [7, 11) is 0. The van der Waals surface area contributed by atoms with Crippen LogP contribution in [0.25, 0.3) is 10.9 Å². The van der Waals surface area contributed by atoms with Crippen molar-refractivity contribution in [2.75, 3.05) is 18.5 Å². The molecule has 2 N–H and O–H groups in total. The highest BCUT2D eigenvalue weighted by Gasteiger charge is 2.26. The number of aliphatic imine (C=N–C) groups is 1. The molecule has 8 nitrogen and oxygen atoms in total. The van der Waals surface area contributed by atoms with Crippen molar-refractivity contribution < 1.29 is 9.47 Å². The molecule has 2 aromatic carbocycles. The second-order valence-electron chi connectivity index (χ2n) is 9.45. The Morgan fingerprint density at radius 1 is 1.14 bits per heavy atom. The smallest absolute Gasteiger partial charge is 0.289 e. The Balaban J connectivity index is 1.12. The number of thiazole rings is 1. The molecule has 5 rings (SSSR count). The van der Waals surface area contributed by atoms with Gasteiger partial charge in [-0.25, -0.2) is 19.9 Å². The number of anilines is 1. The Morgan fingerprint density at radius 3 is 2.84 bits per heavy atom. The van der Waals surface area contributed by atoms with Gasteiger partial charge in [-0.2, -0.15) is 0 Å². The molecule has 0 unspecified atom stereocenters. The molecule has 0 saturated heterocycles. The highest BCUT2D eigenvalue weighted by Crippen LogP contribution is 2.27. The summed E-state index contributed by atoms with van der Waals surface area (Å²) in [5.41, 5.74) is 3.72. The third-order valence-corrected chi connectivity index (χ3v) is 6.93.